The van der Waals surface area contributed by atoms with E-state index >= 15 is 0 Å². The third-order valence-electron chi connectivity index (χ3n) is 2.13. The highest BCUT2D eigenvalue weighted by molar-refractivity contribution is 5.55. The van der Waals surface area contributed by atoms with Gasteiger partial charge in [-0.25, -0.2) is 9.37 Å². The Bertz CT molecular complexity index is 565. The molecule has 0 radical (unpaired) electrons. The average molecular weight is 219 g/mol. The third kappa shape index (κ3) is 1.99. The fourth-order valence-corrected chi connectivity index (χ4v) is 1.39. The van der Waals surface area contributed by atoms with Gasteiger partial charge in [0.1, 0.15) is 11.6 Å². The molecule has 0 saturated carbocycles. The normalized spacial score (nSPS) is 10.4. The van der Waals surface area contributed by atoms with Gasteiger partial charge in [-0.15, -0.1) is 0 Å². The Labute approximate surface area is 91.0 Å². The summed E-state index contributed by atoms with van der Waals surface area (Å²) in [5, 5.41) is 0. The van der Waals surface area contributed by atoms with Crippen LogP contribution in [-0.4, -0.2) is 9.97 Å². The molecule has 0 unspecified atom stereocenters. The second kappa shape index (κ2) is 4.24. The second-order valence-corrected chi connectivity index (χ2v) is 3.27. The second-order valence-electron chi connectivity index (χ2n) is 3.27. The minimum absolute atomic E-state index is 0.144. The molecule has 0 amide bonds. The van der Waals surface area contributed by atoms with Crippen LogP contribution < -0.4 is 11.3 Å². The van der Waals surface area contributed by atoms with Gasteiger partial charge in [-0.1, -0.05) is 12.1 Å². The van der Waals surface area contributed by atoms with Crippen LogP contribution in [0.25, 0.3) is 11.4 Å². The van der Waals surface area contributed by atoms with E-state index in [1.165, 1.54) is 12.1 Å². The Morgan fingerprint density at radius 2 is 2.12 bits per heavy atom. The summed E-state index contributed by atoms with van der Waals surface area (Å²) in [6.45, 7) is 0.144. The fourth-order valence-electron chi connectivity index (χ4n) is 1.39. The summed E-state index contributed by atoms with van der Waals surface area (Å²) in [5.41, 5.74) is 5.75. The Morgan fingerprint density at radius 1 is 1.38 bits per heavy atom. The molecule has 2 rings (SSSR count). The van der Waals surface area contributed by atoms with Crippen molar-refractivity contribution in [3.05, 3.63) is 52.2 Å². The van der Waals surface area contributed by atoms with Gasteiger partial charge in [0.15, 0.2) is 0 Å². The molecule has 2 aromatic rings. The van der Waals surface area contributed by atoms with Gasteiger partial charge in [0.25, 0.3) is 5.56 Å². The predicted octanol–water partition coefficient (Wildman–Crippen LogP) is 1.03. The van der Waals surface area contributed by atoms with E-state index in [0.717, 1.165) is 0 Å². The minimum Gasteiger partial charge on any atom is -0.325 e. The molecular weight excluding hydrogens is 209 g/mol. The van der Waals surface area contributed by atoms with E-state index in [4.69, 9.17) is 5.73 Å². The number of hydrogen-bond acceptors (Lipinski definition) is 3. The molecule has 5 heteroatoms. The topological polar surface area (TPSA) is 71.8 Å². The number of nitrogens with zero attached hydrogens (tertiary/aromatic N) is 1. The number of halogens is 1. The van der Waals surface area contributed by atoms with Gasteiger partial charge in [-0.2, -0.15) is 0 Å². The van der Waals surface area contributed by atoms with Crippen molar-refractivity contribution in [2.45, 2.75) is 6.54 Å². The van der Waals surface area contributed by atoms with Gasteiger partial charge in [-0.3, -0.25) is 4.79 Å². The largest absolute Gasteiger partial charge is 0.325 e. The highest BCUT2D eigenvalue weighted by atomic mass is 19.1. The maximum atomic E-state index is 13.4. The lowest BCUT2D eigenvalue weighted by Gasteiger charge is -2.03. The number of nitrogens with two attached hydrogens (primary N) is 1. The maximum absolute atomic E-state index is 13.4. The third-order valence-corrected chi connectivity index (χ3v) is 2.13. The zero-order chi connectivity index (χ0) is 11.5. The number of aromatic amines is 1. The summed E-state index contributed by atoms with van der Waals surface area (Å²) in [7, 11) is 0. The standard InChI is InChI=1S/C11H10FN3O/c12-9-4-2-1-3-8(9)11-14-7(6-13)5-10(16)15-11/h1-5H,6,13H2,(H,14,15,16). The minimum atomic E-state index is -0.431. The van der Waals surface area contributed by atoms with Gasteiger partial charge < -0.3 is 10.7 Å². The lowest BCUT2D eigenvalue weighted by molar-refractivity contribution is 0.629. The molecule has 1 heterocycles. The van der Waals surface area contributed by atoms with Crippen molar-refractivity contribution in [2.24, 2.45) is 5.73 Å². The molecule has 0 spiro atoms. The van der Waals surface area contributed by atoms with Crippen LogP contribution in [0, 0.1) is 5.82 Å². The van der Waals surface area contributed by atoms with E-state index in [-0.39, 0.29) is 23.5 Å². The van der Waals surface area contributed by atoms with Crippen molar-refractivity contribution in [1.29, 1.82) is 0 Å². The summed E-state index contributed by atoms with van der Waals surface area (Å²) >= 11 is 0. The van der Waals surface area contributed by atoms with Crippen LogP contribution >= 0.6 is 0 Å². The lowest BCUT2D eigenvalue weighted by Crippen LogP contribution is -2.13. The van der Waals surface area contributed by atoms with Gasteiger partial charge in [-0.05, 0) is 12.1 Å². The number of nitrogens with one attached hydrogen (secondary N) is 1. The van der Waals surface area contributed by atoms with E-state index < -0.39 is 5.82 Å². The summed E-state index contributed by atoms with van der Waals surface area (Å²) in [5.74, 6) is -0.231. The number of H-pyrrole nitrogens is 1. The smallest absolute Gasteiger partial charge is 0.251 e. The number of rotatable bonds is 2. The molecule has 0 aliphatic heterocycles. The quantitative estimate of drug-likeness (QED) is 0.792. The number of benzene rings is 1. The number of hydrogen-bond donors (Lipinski definition) is 2. The predicted molar refractivity (Wildman–Crippen MR) is 58.1 cm³/mol. The average Bonchev–Trinajstić information content (AvgIpc) is 2.28. The molecule has 0 atom stereocenters. The van der Waals surface area contributed by atoms with Crippen LogP contribution in [0.1, 0.15) is 5.69 Å². The van der Waals surface area contributed by atoms with E-state index in [9.17, 15) is 9.18 Å². The van der Waals surface area contributed by atoms with Crippen molar-refractivity contribution in [3.63, 3.8) is 0 Å². The first kappa shape index (κ1) is 10.5. The zero-order valence-corrected chi connectivity index (χ0v) is 8.40. The van der Waals surface area contributed by atoms with Crippen LogP contribution in [-0.2, 0) is 6.54 Å². The van der Waals surface area contributed by atoms with Gasteiger partial charge >= 0.3 is 0 Å². The Morgan fingerprint density at radius 3 is 2.81 bits per heavy atom. The van der Waals surface area contributed by atoms with E-state index in [1.807, 2.05) is 0 Å². The van der Waals surface area contributed by atoms with Gasteiger partial charge in [0, 0.05) is 12.6 Å². The molecule has 4 nitrogen and oxygen atoms in total. The SMILES string of the molecule is NCc1cc(=O)[nH]c(-c2ccccc2F)n1. The molecule has 82 valence electrons. The number of aromatic nitrogens is 2. The summed E-state index contributed by atoms with van der Waals surface area (Å²) < 4.78 is 13.4. The van der Waals surface area contributed by atoms with Crippen LogP contribution in [0.3, 0.4) is 0 Å². The fraction of sp³-hybridized carbons (Fsp3) is 0.0909. The van der Waals surface area contributed by atoms with Crippen molar-refractivity contribution in [3.8, 4) is 11.4 Å². The van der Waals surface area contributed by atoms with Gasteiger partial charge in [0.2, 0.25) is 0 Å². The van der Waals surface area contributed by atoms with E-state index in [2.05, 4.69) is 9.97 Å². The molecule has 0 aliphatic carbocycles. The van der Waals surface area contributed by atoms with Crippen LogP contribution in [0.5, 0.6) is 0 Å². The molecule has 0 bridgehead atoms. The zero-order valence-electron chi connectivity index (χ0n) is 8.40. The molecule has 0 fully saturated rings. The van der Waals surface area contributed by atoms with Crippen LogP contribution in [0.15, 0.2) is 35.1 Å². The summed E-state index contributed by atoms with van der Waals surface area (Å²) in [6, 6.07) is 7.40. The van der Waals surface area contributed by atoms with Crippen molar-refractivity contribution in [1.82, 2.24) is 9.97 Å². The van der Waals surface area contributed by atoms with E-state index in [1.54, 1.807) is 18.2 Å². The van der Waals surface area contributed by atoms with Crippen LogP contribution in [0.2, 0.25) is 0 Å². The van der Waals surface area contributed by atoms with Crippen molar-refractivity contribution in [2.75, 3.05) is 0 Å². The summed E-state index contributed by atoms with van der Waals surface area (Å²) in [4.78, 5) is 17.8. The Hall–Kier alpha value is -2.01. The highest BCUT2D eigenvalue weighted by Gasteiger charge is 2.07. The lowest BCUT2D eigenvalue weighted by atomic mass is 10.2. The Kier molecular flexibility index (Phi) is 2.78. The molecule has 0 aliphatic rings. The first-order valence-corrected chi connectivity index (χ1v) is 4.76. The summed E-state index contributed by atoms with van der Waals surface area (Å²) in [6.07, 6.45) is 0. The van der Waals surface area contributed by atoms with Crippen molar-refractivity contribution < 1.29 is 4.39 Å². The molecule has 16 heavy (non-hydrogen) atoms. The van der Waals surface area contributed by atoms with Crippen molar-refractivity contribution >= 4 is 0 Å². The monoisotopic (exact) mass is 219 g/mol. The first-order chi connectivity index (χ1) is 7.70. The first-order valence-electron chi connectivity index (χ1n) is 4.76. The van der Waals surface area contributed by atoms with Crippen LogP contribution in [0.4, 0.5) is 4.39 Å². The molecule has 1 aromatic heterocycles. The van der Waals surface area contributed by atoms with E-state index in [0.29, 0.717) is 5.69 Å². The molecule has 0 saturated heterocycles. The highest BCUT2D eigenvalue weighted by Crippen LogP contribution is 2.17. The molecular formula is C11H10FN3O. The molecule has 1 aromatic carbocycles. The maximum Gasteiger partial charge on any atom is 0.251 e. The van der Waals surface area contributed by atoms with Gasteiger partial charge in [0.05, 0.1) is 11.3 Å². The Balaban J connectivity index is 2.60. The molecule has 3 N–H and O–H groups in total.